The van der Waals surface area contributed by atoms with Crippen LogP contribution in [-0.2, 0) is 0 Å². The normalized spacial score (nSPS) is 16.5. The van der Waals surface area contributed by atoms with E-state index in [-0.39, 0.29) is 37.3 Å². The summed E-state index contributed by atoms with van der Waals surface area (Å²) in [5.41, 5.74) is 0.506. The zero-order chi connectivity index (χ0) is 19.0. The Bertz CT molecular complexity index is 995. The Labute approximate surface area is 151 Å². The van der Waals surface area contributed by atoms with Gasteiger partial charge >= 0.3 is 0 Å². The molecule has 4 heterocycles. The van der Waals surface area contributed by atoms with Crippen molar-refractivity contribution in [3.63, 3.8) is 0 Å². The van der Waals surface area contributed by atoms with Gasteiger partial charge in [0.25, 0.3) is 11.8 Å². The van der Waals surface area contributed by atoms with Gasteiger partial charge in [0.05, 0.1) is 18.1 Å². The van der Waals surface area contributed by atoms with Gasteiger partial charge in [-0.1, -0.05) is 0 Å². The Morgan fingerprint density at radius 1 is 1.15 bits per heavy atom. The first-order valence-electron chi connectivity index (χ1n) is 8.31. The van der Waals surface area contributed by atoms with Gasteiger partial charge < -0.3 is 10.2 Å². The Balaban J connectivity index is 1.61. The van der Waals surface area contributed by atoms with E-state index in [4.69, 9.17) is 0 Å². The third-order valence-corrected chi connectivity index (χ3v) is 4.42. The van der Waals surface area contributed by atoms with Crippen LogP contribution in [0.15, 0.2) is 36.8 Å². The van der Waals surface area contributed by atoms with E-state index in [0.717, 1.165) is 6.20 Å². The van der Waals surface area contributed by atoms with Gasteiger partial charge in [0.1, 0.15) is 5.82 Å². The Morgan fingerprint density at radius 3 is 2.67 bits per heavy atom. The second-order valence-electron chi connectivity index (χ2n) is 6.26. The van der Waals surface area contributed by atoms with Gasteiger partial charge in [0, 0.05) is 32.1 Å². The quantitative estimate of drug-likeness (QED) is 0.761. The largest absolute Gasteiger partial charge is 0.355 e. The molecule has 0 radical (unpaired) electrons. The van der Waals surface area contributed by atoms with Crippen LogP contribution >= 0.6 is 0 Å². The van der Waals surface area contributed by atoms with Crippen molar-refractivity contribution in [3.05, 3.63) is 48.3 Å². The molecule has 1 amide bonds. The predicted octanol–water partition coefficient (Wildman–Crippen LogP) is 2.75. The third-order valence-electron chi connectivity index (χ3n) is 4.42. The van der Waals surface area contributed by atoms with Crippen molar-refractivity contribution in [2.45, 2.75) is 18.8 Å². The number of halogens is 3. The minimum atomic E-state index is -2.66. The van der Waals surface area contributed by atoms with Gasteiger partial charge in [0.2, 0.25) is 0 Å². The summed E-state index contributed by atoms with van der Waals surface area (Å²) >= 11 is 0. The number of nitrogens with zero attached hydrogens (tertiary/aromatic N) is 5. The van der Waals surface area contributed by atoms with Crippen LogP contribution in [0.25, 0.3) is 5.65 Å². The molecule has 1 saturated heterocycles. The van der Waals surface area contributed by atoms with Crippen LogP contribution in [0.5, 0.6) is 0 Å². The van der Waals surface area contributed by atoms with Gasteiger partial charge in [-0.2, -0.15) is 0 Å². The molecule has 27 heavy (non-hydrogen) atoms. The number of rotatable bonds is 3. The number of carbonyl (C=O) groups excluding carboxylic acids is 1. The first-order valence-corrected chi connectivity index (χ1v) is 8.31. The van der Waals surface area contributed by atoms with E-state index in [2.05, 4.69) is 20.4 Å². The molecule has 0 aliphatic carbocycles. The second-order valence-corrected chi connectivity index (χ2v) is 6.26. The number of fused-ring (bicyclic) bond motifs is 1. The molecule has 1 N–H and O–H groups in total. The minimum Gasteiger partial charge on any atom is -0.355 e. The summed E-state index contributed by atoms with van der Waals surface area (Å²) in [6.07, 6.45) is 3.18. The summed E-state index contributed by atoms with van der Waals surface area (Å²) in [7, 11) is 0. The highest BCUT2D eigenvalue weighted by Crippen LogP contribution is 2.29. The van der Waals surface area contributed by atoms with Crippen molar-refractivity contribution in [3.8, 4) is 0 Å². The first kappa shape index (κ1) is 17.3. The van der Waals surface area contributed by atoms with Crippen molar-refractivity contribution >= 4 is 23.1 Å². The fraction of sp³-hybridized carbons (Fsp3) is 0.294. The van der Waals surface area contributed by atoms with Crippen LogP contribution in [0.1, 0.15) is 23.3 Å². The fourth-order valence-electron chi connectivity index (χ4n) is 2.91. The van der Waals surface area contributed by atoms with Crippen LogP contribution in [0.2, 0.25) is 0 Å². The number of alkyl halides is 2. The molecule has 0 spiro atoms. The third kappa shape index (κ3) is 3.42. The number of amides is 1. The Kier molecular flexibility index (Phi) is 4.17. The molecular weight excluding hydrogens is 361 g/mol. The van der Waals surface area contributed by atoms with Crippen molar-refractivity contribution in [2.24, 2.45) is 0 Å². The minimum absolute atomic E-state index is 0.0145. The van der Waals surface area contributed by atoms with E-state index in [0.29, 0.717) is 11.5 Å². The number of hydrogen-bond donors (Lipinski definition) is 1. The molecule has 1 fully saturated rings. The van der Waals surface area contributed by atoms with Gasteiger partial charge in [-0.15, -0.1) is 5.10 Å². The first-order chi connectivity index (χ1) is 12.9. The summed E-state index contributed by atoms with van der Waals surface area (Å²) in [6.45, 7) is 0.341. The molecule has 140 valence electrons. The number of aromatic nitrogens is 4. The average Bonchev–Trinajstić information content (AvgIpc) is 3.07. The van der Waals surface area contributed by atoms with Crippen molar-refractivity contribution in [1.29, 1.82) is 0 Å². The number of nitrogens with one attached hydrogen (secondary N) is 1. The zero-order valence-corrected chi connectivity index (χ0v) is 14.1. The van der Waals surface area contributed by atoms with E-state index in [9.17, 15) is 18.0 Å². The van der Waals surface area contributed by atoms with E-state index in [1.807, 2.05) is 0 Å². The molecule has 3 aromatic rings. The summed E-state index contributed by atoms with van der Waals surface area (Å²) < 4.78 is 41.7. The van der Waals surface area contributed by atoms with E-state index in [1.54, 1.807) is 17.0 Å². The number of pyridine rings is 1. The van der Waals surface area contributed by atoms with Gasteiger partial charge in [-0.3, -0.25) is 9.78 Å². The lowest BCUT2D eigenvalue weighted by Crippen LogP contribution is -2.40. The van der Waals surface area contributed by atoms with Gasteiger partial charge in [0.15, 0.2) is 17.2 Å². The smallest absolute Gasteiger partial charge is 0.276 e. The second kappa shape index (κ2) is 6.53. The molecule has 0 aromatic carbocycles. The highest BCUT2D eigenvalue weighted by atomic mass is 19.3. The summed E-state index contributed by atoms with van der Waals surface area (Å²) in [6, 6.07) is 4.66. The standard InChI is InChI=1S/C17H15F3N6O/c18-11-9-21-6-3-12(11)23-16(27)13-10-22-14-1-2-15(24-26(13)14)25-7-4-17(19,20)5-8-25/h1-3,6,9-10H,4-5,7-8H2,(H,21,23,27). The van der Waals surface area contributed by atoms with E-state index >= 15 is 0 Å². The molecule has 0 unspecified atom stereocenters. The summed E-state index contributed by atoms with van der Waals surface area (Å²) in [4.78, 5) is 22.0. The monoisotopic (exact) mass is 376 g/mol. The maximum atomic E-state index is 13.7. The van der Waals surface area contributed by atoms with E-state index < -0.39 is 17.6 Å². The SMILES string of the molecule is O=C(Nc1ccncc1F)c1cnc2ccc(N3CCC(F)(F)CC3)nn12. The summed E-state index contributed by atoms with van der Waals surface area (Å²) in [5.74, 6) is -3.44. The average molecular weight is 376 g/mol. The molecule has 0 atom stereocenters. The van der Waals surface area contributed by atoms with Crippen LogP contribution in [-0.4, -0.2) is 44.5 Å². The lowest BCUT2D eigenvalue weighted by Gasteiger charge is -2.32. The molecule has 0 saturated carbocycles. The lowest BCUT2D eigenvalue weighted by molar-refractivity contribution is -0.0221. The lowest BCUT2D eigenvalue weighted by atomic mass is 10.1. The number of piperidine rings is 1. The zero-order valence-electron chi connectivity index (χ0n) is 14.1. The molecule has 0 bridgehead atoms. The topological polar surface area (TPSA) is 75.4 Å². The molecule has 10 heteroatoms. The van der Waals surface area contributed by atoms with Crippen LogP contribution < -0.4 is 10.2 Å². The summed E-state index contributed by atoms with van der Waals surface area (Å²) in [5, 5.41) is 6.81. The Hall–Kier alpha value is -3.17. The van der Waals surface area contributed by atoms with Gasteiger partial charge in [-0.25, -0.2) is 22.7 Å². The van der Waals surface area contributed by atoms with Crippen molar-refractivity contribution in [2.75, 3.05) is 23.3 Å². The molecule has 7 nitrogen and oxygen atoms in total. The number of carbonyl (C=O) groups is 1. The molecule has 3 aromatic heterocycles. The Morgan fingerprint density at radius 2 is 1.93 bits per heavy atom. The number of imidazole rings is 1. The van der Waals surface area contributed by atoms with Gasteiger partial charge in [-0.05, 0) is 18.2 Å². The highest BCUT2D eigenvalue weighted by molar-refractivity contribution is 6.03. The van der Waals surface area contributed by atoms with Crippen LogP contribution in [0.3, 0.4) is 0 Å². The molecule has 1 aliphatic rings. The fourth-order valence-corrected chi connectivity index (χ4v) is 2.91. The van der Waals surface area contributed by atoms with Crippen LogP contribution in [0.4, 0.5) is 24.7 Å². The van der Waals surface area contributed by atoms with Crippen LogP contribution in [0, 0.1) is 5.82 Å². The van der Waals surface area contributed by atoms with Crippen molar-refractivity contribution in [1.82, 2.24) is 19.6 Å². The maximum Gasteiger partial charge on any atom is 0.276 e. The molecular formula is C17H15F3N6O. The number of anilines is 2. The number of hydrogen-bond acceptors (Lipinski definition) is 5. The molecule has 4 rings (SSSR count). The highest BCUT2D eigenvalue weighted by Gasteiger charge is 2.34. The predicted molar refractivity (Wildman–Crippen MR) is 91.5 cm³/mol. The molecule has 1 aliphatic heterocycles. The van der Waals surface area contributed by atoms with Crippen molar-refractivity contribution < 1.29 is 18.0 Å². The maximum absolute atomic E-state index is 13.7. The van der Waals surface area contributed by atoms with E-state index in [1.165, 1.54) is 23.0 Å².